The Kier molecular flexibility index (Phi) is 3.26. The molecule has 76 valence electrons. The van der Waals surface area contributed by atoms with Gasteiger partial charge in [-0.2, -0.15) is 0 Å². The van der Waals surface area contributed by atoms with Crippen molar-refractivity contribution in [2.45, 2.75) is 70.4 Å². The molecule has 13 heavy (non-hydrogen) atoms. The second-order valence-corrected chi connectivity index (χ2v) is 4.73. The van der Waals surface area contributed by atoms with Gasteiger partial charge in [0.05, 0.1) is 0 Å². The molecule has 2 fully saturated rings. The molecule has 1 aliphatic carbocycles. The fourth-order valence-corrected chi connectivity index (χ4v) is 3.19. The summed E-state index contributed by atoms with van der Waals surface area (Å²) < 4.78 is 0. The zero-order valence-electron chi connectivity index (χ0n) is 8.97. The highest BCUT2D eigenvalue weighted by Crippen LogP contribution is 2.30. The largest absolute Gasteiger partial charge is 0.297 e. The minimum absolute atomic E-state index is 0.933. The fourth-order valence-electron chi connectivity index (χ4n) is 3.19. The normalized spacial score (nSPS) is 32.5. The average molecular weight is 181 g/mol. The molecule has 1 nitrogen and oxygen atoms in total. The molecule has 1 heteroatoms. The molecule has 0 amide bonds. The minimum Gasteiger partial charge on any atom is -0.297 e. The van der Waals surface area contributed by atoms with E-state index in [-0.39, 0.29) is 0 Å². The summed E-state index contributed by atoms with van der Waals surface area (Å²) >= 11 is 0. The standard InChI is InChI=1S/C12H23N/c1-2-11-9-6-10-13(11)12-7-4-3-5-8-12/h11-12H,2-10H2,1H3. The van der Waals surface area contributed by atoms with Crippen molar-refractivity contribution in [1.29, 1.82) is 0 Å². The van der Waals surface area contributed by atoms with E-state index in [4.69, 9.17) is 0 Å². The van der Waals surface area contributed by atoms with Gasteiger partial charge in [-0.15, -0.1) is 0 Å². The lowest BCUT2D eigenvalue weighted by Gasteiger charge is -2.35. The first-order valence-corrected chi connectivity index (χ1v) is 6.17. The average Bonchev–Trinajstić information content (AvgIpc) is 2.67. The summed E-state index contributed by atoms with van der Waals surface area (Å²) in [5.74, 6) is 0. The summed E-state index contributed by atoms with van der Waals surface area (Å²) in [5.41, 5.74) is 0. The summed E-state index contributed by atoms with van der Waals surface area (Å²) in [7, 11) is 0. The van der Waals surface area contributed by atoms with E-state index in [9.17, 15) is 0 Å². The van der Waals surface area contributed by atoms with Crippen LogP contribution in [-0.4, -0.2) is 23.5 Å². The molecule has 1 unspecified atom stereocenters. The Morgan fingerprint density at radius 1 is 1.00 bits per heavy atom. The highest BCUT2D eigenvalue weighted by molar-refractivity contribution is 4.85. The van der Waals surface area contributed by atoms with Crippen LogP contribution in [0.2, 0.25) is 0 Å². The van der Waals surface area contributed by atoms with Crippen molar-refractivity contribution in [2.75, 3.05) is 6.54 Å². The molecule has 2 rings (SSSR count). The molecular weight excluding hydrogens is 158 g/mol. The number of likely N-dealkylation sites (tertiary alicyclic amines) is 1. The lowest BCUT2D eigenvalue weighted by atomic mass is 9.93. The van der Waals surface area contributed by atoms with Crippen LogP contribution in [0.15, 0.2) is 0 Å². The van der Waals surface area contributed by atoms with Gasteiger partial charge in [0.1, 0.15) is 0 Å². The fraction of sp³-hybridized carbons (Fsp3) is 1.00. The summed E-state index contributed by atoms with van der Waals surface area (Å²) in [6.45, 7) is 3.75. The van der Waals surface area contributed by atoms with Crippen molar-refractivity contribution in [1.82, 2.24) is 4.90 Å². The Morgan fingerprint density at radius 3 is 2.46 bits per heavy atom. The highest BCUT2D eigenvalue weighted by Gasteiger charge is 2.29. The first-order chi connectivity index (χ1) is 6.42. The predicted octanol–water partition coefficient (Wildman–Crippen LogP) is 3.19. The SMILES string of the molecule is CCC1CCCN1C1CCCCC1. The lowest BCUT2D eigenvalue weighted by Crippen LogP contribution is -2.39. The topological polar surface area (TPSA) is 3.24 Å². The molecule has 1 atom stereocenters. The van der Waals surface area contributed by atoms with Gasteiger partial charge in [0, 0.05) is 12.1 Å². The maximum atomic E-state index is 2.82. The minimum atomic E-state index is 0.933. The molecule has 1 heterocycles. The highest BCUT2D eigenvalue weighted by atomic mass is 15.2. The van der Waals surface area contributed by atoms with Crippen LogP contribution in [0.4, 0.5) is 0 Å². The van der Waals surface area contributed by atoms with Crippen molar-refractivity contribution >= 4 is 0 Å². The van der Waals surface area contributed by atoms with Crippen molar-refractivity contribution in [2.24, 2.45) is 0 Å². The summed E-state index contributed by atoms with van der Waals surface area (Å²) in [4.78, 5) is 2.82. The first kappa shape index (κ1) is 9.51. The molecule has 0 aromatic rings. The molecular formula is C12H23N. The van der Waals surface area contributed by atoms with Crippen molar-refractivity contribution < 1.29 is 0 Å². The van der Waals surface area contributed by atoms with E-state index in [1.165, 1.54) is 57.9 Å². The van der Waals surface area contributed by atoms with Crippen molar-refractivity contribution in [3.63, 3.8) is 0 Å². The van der Waals surface area contributed by atoms with Crippen LogP contribution in [0.3, 0.4) is 0 Å². The van der Waals surface area contributed by atoms with E-state index in [1.54, 1.807) is 0 Å². The van der Waals surface area contributed by atoms with Crippen LogP contribution in [0.5, 0.6) is 0 Å². The quantitative estimate of drug-likeness (QED) is 0.632. The van der Waals surface area contributed by atoms with E-state index >= 15 is 0 Å². The Labute approximate surface area is 82.5 Å². The maximum absolute atomic E-state index is 2.82. The van der Waals surface area contributed by atoms with Crippen LogP contribution in [-0.2, 0) is 0 Å². The van der Waals surface area contributed by atoms with Gasteiger partial charge >= 0.3 is 0 Å². The van der Waals surface area contributed by atoms with Crippen LogP contribution in [0, 0.1) is 0 Å². The monoisotopic (exact) mass is 181 g/mol. The van der Waals surface area contributed by atoms with Crippen molar-refractivity contribution in [3.8, 4) is 0 Å². The zero-order chi connectivity index (χ0) is 9.10. The van der Waals surface area contributed by atoms with E-state index in [0.717, 1.165) is 12.1 Å². The second kappa shape index (κ2) is 4.45. The number of nitrogens with zero attached hydrogens (tertiary/aromatic N) is 1. The van der Waals surface area contributed by atoms with Gasteiger partial charge in [-0.3, -0.25) is 4.90 Å². The summed E-state index contributed by atoms with van der Waals surface area (Å²) in [6, 6.07) is 1.89. The van der Waals surface area contributed by atoms with E-state index in [1.807, 2.05) is 0 Å². The molecule has 1 saturated heterocycles. The molecule has 0 spiro atoms. The van der Waals surface area contributed by atoms with Crippen LogP contribution in [0.1, 0.15) is 58.3 Å². The first-order valence-electron chi connectivity index (χ1n) is 6.17. The predicted molar refractivity (Wildman–Crippen MR) is 56.9 cm³/mol. The third kappa shape index (κ3) is 2.07. The van der Waals surface area contributed by atoms with Gasteiger partial charge in [-0.1, -0.05) is 26.2 Å². The third-order valence-electron chi connectivity index (χ3n) is 3.94. The van der Waals surface area contributed by atoms with E-state index in [0.29, 0.717) is 0 Å². The zero-order valence-corrected chi connectivity index (χ0v) is 8.97. The van der Waals surface area contributed by atoms with Crippen LogP contribution in [0.25, 0.3) is 0 Å². The number of hydrogen-bond acceptors (Lipinski definition) is 1. The van der Waals surface area contributed by atoms with Gasteiger partial charge in [-0.25, -0.2) is 0 Å². The molecule has 0 aromatic heterocycles. The summed E-state index contributed by atoms with van der Waals surface area (Å²) in [5, 5.41) is 0. The molecule has 0 aromatic carbocycles. The molecule has 2 aliphatic rings. The number of rotatable bonds is 2. The number of hydrogen-bond donors (Lipinski definition) is 0. The Morgan fingerprint density at radius 2 is 1.77 bits per heavy atom. The van der Waals surface area contributed by atoms with Gasteiger partial charge < -0.3 is 0 Å². The molecule has 1 saturated carbocycles. The van der Waals surface area contributed by atoms with Crippen LogP contribution < -0.4 is 0 Å². The van der Waals surface area contributed by atoms with Gasteiger partial charge in [0.2, 0.25) is 0 Å². The molecule has 0 bridgehead atoms. The van der Waals surface area contributed by atoms with E-state index < -0.39 is 0 Å². The van der Waals surface area contributed by atoms with Gasteiger partial charge in [0.15, 0.2) is 0 Å². The molecule has 0 radical (unpaired) electrons. The lowest BCUT2D eigenvalue weighted by molar-refractivity contribution is 0.139. The van der Waals surface area contributed by atoms with Crippen molar-refractivity contribution in [3.05, 3.63) is 0 Å². The Balaban J connectivity index is 1.90. The summed E-state index contributed by atoms with van der Waals surface area (Å²) in [6.07, 6.45) is 11.7. The molecule has 0 N–H and O–H groups in total. The van der Waals surface area contributed by atoms with Gasteiger partial charge in [0.25, 0.3) is 0 Å². The molecule has 1 aliphatic heterocycles. The van der Waals surface area contributed by atoms with E-state index in [2.05, 4.69) is 11.8 Å². The second-order valence-electron chi connectivity index (χ2n) is 4.73. The Hall–Kier alpha value is -0.0400. The van der Waals surface area contributed by atoms with Crippen LogP contribution >= 0.6 is 0 Å². The Bertz CT molecular complexity index is 149. The smallest absolute Gasteiger partial charge is 0.00981 e. The maximum Gasteiger partial charge on any atom is 0.00981 e. The van der Waals surface area contributed by atoms with Gasteiger partial charge in [-0.05, 0) is 38.6 Å². The third-order valence-corrected chi connectivity index (χ3v) is 3.94.